The van der Waals surface area contributed by atoms with Crippen molar-refractivity contribution in [1.29, 1.82) is 0 Å². The van der Waals surface area contributed by atoms with E-state index in [9.17, 15) is 5.11 Å². The Balaban J connectivity index is 1.73. The van der Waals surface area contributed by atoms with Crippen molar-refractivity contribution in [1.82, 2.24) is 9.88 Å². The molecule has 2 fully saturated rings. The third-order valence-corrected chi connectivity index (χ3v) is 4.37. The SMILES string of the molecule is C[C@@H](O)c1ccc(N2CCCN3CCCC3C2)cn1. The van der Waals surface area contributed by atoms with E-state index in [0.717, 1.165) is 24.8 Å². The standard InChI is InChI=1S/C15H23N3O/c1-12(19)15-6-5-13(10-16-15)18-9-3-8-17-7-2-4-14(17)11-18/h5-6,10,12,14,19H,2-4,7-9,11H2,1H3/t12-,14?/m1/s1. The van der Waals surface area contributed by atoms with E-state index in [4.69, 9.17) is 0 Å². The van der Waals surface area contributed by atoms with Gasteiger partial charge in [-0.15, -0.1) is 0 Å². The number of nitrogens with zero attached hydrogens (tertiary/aromatic N) is 3. The van der Waals surface area contributed by atoms with Gasteiger partial charge in [0.25, 0.3) is 0 Å². The van der Waals surface area contributed by atoms with Gasteiger partial charge >= 0.3 is 0 Å². The predicted molar refractivity (Wildman–Crippen MR) is 76.3 cm³/mol. The highest BCUT2D eigenvalue weighted by molar-refractivity contribution is 5.45. The normalized spacial score (nSPS) is 26.0. The van der Waals surface area contributed by atoms with Gasteiger partial charge in [0.1, 0.15) is 0 Å². The molecule has 2 aliphatic heterocycles. The fourth-order valence-corrected chi connectivity index (χ4v) is 3.27. The number of hydrogen-bond acceptors (Lipinski definition) is 4. The second kappa shape index (κ2) is 5.47. The Morgan fingerprint density at radius 3 is 2.84 bits per heavy atom. The Kier molecular flexibility index (Phi) is 3.71. The van der Waals surface area contributed by atoms with Crippen molar-refractivity contribution in [2.24, 2.45) is 0 Å². The highest BCUT2D eigenvalue weighted by Crippen LogP contribution is 2.25. The van der Waals surface area contributed by atoms with Crippen molar-refractivity contribution in [2.75, 3.05) is 31.1 Å². The highest BCUT2D eigenvalue weighted by Gasteiger charge is 2.28. The zero-order chi connectivity index (χ0) is 13.2. The lowest BCUT2D eigenvalue weighted by molar-refractivity contribution is 0.194. The number of aliphatic hydroxyl groups is 1. The topological polar surface area (TPSA) is 39.6 Å². The van der Waals surface area contributed by atoms with Crippen LogP contribution < -0.4 is 4.90 Å². The molecule has 0 bridgehead atoms. The molecule has 1 aromatic heterocycles. The highest BCUT2D eigenvalue weighted by atomic mass is 16.3. The molecule has 0 aromatic carbocycles. The average Bonchev–Trinajstić information content (AvgIpc) is 2.76. The van der Waals surface area contributed by atoms with Gasteiger partial charge in [-0.3, -0.25) is 9.88 Å². The molecule has 2 atom stereocenters. The molecule has 104 valence electrons. The molecule has 1 N–H and O–H groups in total. The number of aliphatic hydroxyl groups excluding tert-OH is 1. The van der Waals surface area contributed by atoms with E-state index in [1.165, 1.54) is 38.0 Å². The van der Waals surface area contributed by atoms with E-state index in [-0.39, 0.29) is 0 Å². The lowest BCUT2D eigenvalue weighted by atomic mass is 10.2. The van der Waals surface area contributed by atoms with E-state index in [0.29, 0.717) is 0 Å². The van der Waals surface area contributed by atoms with Gasteiger partial charge in [-0.25, -0.2) is 0 Å². The summed E-state index contributed by atoms with van der Waals surface area (Å²) in [6.45, 7) is 6.50. The Morgan fingerprint density at radius 2 is 2.11 bits per heavy atom. The van der Waals surface area contributed by atoms with Crippen LogP contribution in [-0.2, 0) is 0 Å². The van der Waals surface area contributed by atoms with Gasteiger partial charge in [0.2, 0.25) is 0 Å². The number of pyridine rings is 1. The number of anilines is 1. The van der Waals surface area contributed by atoms with E-state index in [2.05, 4.69) is 20.9 Å². The zero-order valence-electron chi connectivity index (χ0n) is 11.6. The summed E-state index contributed by atoms with van der Waals surface area (Å²) in [5.41, 5.74) is 1.94. The summed E-state index contributed by atoms with van der Waals surface area (Å²) in [7, 11) is 0. The van der Waals surface area contributed by atoms with Crippen molar-refractivity contribution < 1.29 is 5.11 Å². The fourth-order valence-electron chi connectivity index (χ4n) is 3.27. The smallest absolute Gasteiger partial charge is 0.0931 e. The lowest BCUT2D eigenvalue weighted by Crippen LogP contribution is -2.36. The van der Waals surface area contributed by atoms with Crippen LogP contribution in [0.1, 0.15) is 38.0 Å². The van der Waals surface area contributed by atoms with Gasteiger partial charge in [-0.05, 0) is 44.9 Å². The quantitative estimate of drug-likeness (QED) is 0.881. The largest absolute Gasteiger partial charge is 0.387 e. The zero-order valence-corrected chi connectivity index (χ0v) is 11.6. The Morgan fingerprint density at radius 1 is 1.26 bits per heavy atom. The van der Waals surface area contributed by atoms with Crippen molar-refractivity contribution in [3.63, 3.8) is 0 Å². The number of hydrogen-bond donors (Lipinski definition) is 1. The van der Waals surface area contributed by atoms with Crippen LogP contribution >= 0.6 is 0 Å². The summed E-state index contributed by atoms with van der Waals surface area (Å²) in [5.74, 6) is 0. The Hall–Kier alpha value is -1.13. The molecular formula is C15H23N3O. The van der Waals surface area contributed by atoms with Crippen LogP contribution in [0.4, 0.5) is 5.69 Å². The molecule has 0 radical (unpaired) electrons. The van der Waals surface area contributed by atoms with Gasteiger partial charge < -0.3 is 10.0 Å². The van der Waals surface area contributed by atoms with Crippen LogP contribution in [0.15, 0.2) is 18.3 Å². The molecular weight excluding hydrogens is 238 g/mol. The van der Waals surface area contributed by atoms with Crippen molar-refractivity contribution in [2.45, 2.75) is 38.3 Å². The first-order valence-corrected chi connectivity index (χ1v) is 7.37. The molecule has 1 unspecified atom stereocenters. The maximum absolute atomic E-state index is 9.51. The van der Waals surface area contributed by atoms with Crippen LogP contribution in [-0.4, -0.2) is 47.2 Å². The second-order valence-corrected chi connectivity index (χ2v) is 5.75. The summed E-state index contributed by atoms with van der Waals surface area (Å²) >= 11 is 0. The van der Waals surface area contributed by atoms with Crippen LogP contribution in [0.3, 0.4) is 0 Å². The molecule has 4 heteroatoms. The molecule has 1 aromatic rings. The number of fused-ring (bicyclic) bond motifs is 1. The van der Waals surface area contributed by atoms with Gasteiger partial charge in [-0.2, -0.15) is 0 Å². The number of rotatable bonds is 2. The average molecular weight is 261 g/mol. The van der Waals surface area contributed by atoms with Crippen molar-refractivity contribution >= 4 is 5.69 Å². The minimum absolute atomic E-state index is 0.483. The maximum Gasteiger partial charge on any atom is 0.0931 e. The van der Waals surface area contributed by atoms with Gasteiger partial charge in [-0.1, -0.05) is 0 Å². The van der Waals surface area contributed by atoms with Crippen LogP contribution in [0.25, 0.3) is 0 Å². The molecule has 0 aliphatic carbocycles. The second-order valence-electron chi connectivity index (χ2n) is 5.75. The van der Waals surface area contributed by atoms with Crippen molar-refractivity contribution in [3.05, 3.63) is 24.0 Å². The van der Waals surface area contributed by atoms with E-state index in [1.807, 2.05) is 12.3 Å². The molecule has 0 saturated carbocycles. The summed E-state index contributed by atoms with van der Waals surface area (Å²) in [4.78, 5) is 9.45. The molecule has 2 saturated heterocycles. The van der Waals surface area contributed by atoms with Gasteiger partial charge in [0.05, 0.1) is 23.7 Å². The van der Waals surface area contributed by atoms with E-state index >= 15 is 0 Å². The molecule has 2 aliphatic rings. The third-order valence-electron chi connectivity index (χ3n) is 4.37. The molecule has 3 heterocycles. The van der Waals surface area contributed by atoms with Gasteiger partial charge in [0, 0.05) is 25.7 Å². The number of aromatic nitrogens is 1. The molecule has 19 heavy (non-hydrogen) atoms. The minimum atomic E-state index is -0.483. The maximum atomic E-state index is 9.51. The molecule has 3 rings (SSSR count). The van der Waals surface area contributed by atoms with Crippen LogP contribution in [0, 0.1) is 0 Å². The lowest BCUT2D eigenvalue weighted by Gasteiger charge is -2.27. The fraction of sp³-hybridized carbons (Fsp3) is 0.667. The third kappa shape index (κ3) is 2.74. The Labute approximate surface area is 115 Å². The predicted octanol–water partition coefficient (Wildman–Crippen LogP) is 1.81. The van der Waals surface area contributed by atoms with Gasteiger partial charge in [0.15, 0.2) is 0 Å². The summed E-state index contributed by atoms with van der Waals surface area (Å²) in [5, 5.41) is 9.51. The van der Waals surface area contributed by atoms with E-state index < -0.39 is 6.10 Å². The first kappa shape index (κ1) is 12.9. The first-order chi connectivity index (χ1) is 9.24. The van der Waals surface area contributed by atoms with Crippen molar-refractivity contribution in [3.8, 4) is 0 Å². The molecule has 0 spiro atoms. The first-order valence-electron chi connectivity index (χ1n) is 7.37. The minimum Gasteiger partial charge on any atom is -0.387 e. The van der Waals surface area contributed by atoms with E-state index in [1.54, 1.807) is 6.92 Å². The monoisotopic (exact) mass is 261 g/mol. The van der Waals surface area contributed by atoms with Crippen LogP contribution in [0.2, 0.25) is 0 Å². The summed E-state index contributed by atoms with van der Waals surface area (Å²) in [6, 6.07) is 4.76. The van der Waals surface area contributed by atoms with Crippen LogP contribution in [0.5, 0.6) is 0 Å². The molecule has 4 nitrogen and oxygen atoms in total. The molecule has 0 amide bonds. The summed E-state index contributed by atoms with van der Waals surface area (Å²) < 4.78 is 0. The summed E-state index contributed by atoms with van der Waals surface area (Å²) in [6.07, 6.45) is 5.33. The Bertz CT molecular complexity index is 418.